The van der Waals surface area contributed by atoms with Crippen molar-refractivity contribution in [2.45, 2.75) is 6.42 Å². The molecule has 1 heterocycles. The molecule has 0 spiro atoms. The second-order valence-electron chi connectivity index (χ2n) is 5.44. The molecule has 1 aromatic heterocycles. The van der Waals surface area contributed by atoms with Crippen LogP contribution in [0.15, 0.2) is 54.7 Å². The van der Waals surface area contributed by atoms with Crippen LogP contribution in [0.3, 0.4) is 0 Å². The number of para-hydroxylation sites is 1. The maximum atomic E-state index is 11.8. The molecule has 2 aromatic carbocycles. The highest BCUT2D eigenvalue weighted by molar-refractivity contribution is 5.83. The second kappa shape index (κ2) is 7.46. The predicted octanol–water partition coefficient (Wildman–Crippen LogP) is 2.72. The van der Waals surface area contributed by atoms with Crippen LogP contribution >= 0.6 is 0 Å². The Bertz CT molecular complexity index is 837. The Kier molecular flexibility index (Phi) is 4.91. The van der Waals surface area contributed by atoms with Gasteiger partial charge in [-0.15, -0.1) is 0 Å². The summed E-state index contributed by atoms with van der Waals surface area (Å²) in [5.74, 6) is 0.390. The molecular formula is C19H18N2O3. The molecule has 0 saturated carbocycles. The Morgan fingerprint density at radius 3 is 2.71 bits per heavy atom. The summed E-state index contributed by atoms with van der Waals surface area (Å²) in [4.78, 5) is 25.6. The van der Waals surface area contributed by atoms with Gasteiger partial charge in [0.05, 0.1) is 0 Å². The van der Waals surface area contributed by atoms with Crippen molar-refractivity contribution in [2.24, 2.45) is 0 Å². The van der Waals surface area contributed by atoms with Crippen LogP contribution in [-0.4, -0.2) is 30.3 Å². The molecule has 24 heavy (non-hydrogen) atoms. The van der Waals surface area contributed by atoms with Gasteiger partial charge in [0.25, 0.3) is 5.91 Å². The molecule has 3 aromatic rings. The zero-order valence-electron chi connectivity index (χ0n) is 13.1. The number of hydrogen-bond donors (Lipinski definition) is 2. The number of carbonyl (C=O) groups excluding carboxylic acids is 2. The number of carbonyl (C=O) groups is 2. The van der Waals surface area contributed by atoms with Crippen molar-refractivity contribution < 1.29 is 14.3 Å². The van der Waals surface area contributed by atoms with E-state index < -0.39 is 0 Å². The minimum absolute atomic E-state index is 0.0473. The largest absolute Gasteiger partial charge is 0.484 e. The monoisotopic (exact) mass is 322 g/mol. The number of aldehydes is 1. The van der Waals surface area contributed by atoms with Crippen molar-refractivity contribution in [1.29, 1.82) is 0 Å². The van der Waals surface area contributed by atoms with Crippen LogP contribution in [-0.2, 0) is 11.2 Å². The number of benzene rings is 2. The van der Waals surface area contributed by atoms with Gasteiger partial charge in [0.2, 0.25) is 0 Å². The first-order valence-electron chi connectivity index (χ1n) is 7.76. The molecule has 1 amide bonds. The third-order valence-electron chi connectivity index (χ3n) is 3.78. The van der Waals surface area contributed by atoms with Crippen LogP contribution in [0.25, 0.3) is 10.9 Å². The number of H-pyrrole nitrogens is 1. The summed E-state index contributed by atoms with van der Waals surface area (Å²) in [7, 11) is 0. The molecule has 0 bridgehead atoms. The normalized spacial score (nSPS) is 10.5. The van der Waals surface area contributed by atoms with E-state index in [1.807, 2.05) is 24.4 Å². The quantitative estimate of drug-likeness (QED) is 0.657. The van der Waals surface area contributed by atoms with Crippen LogP contribution in [0.5, 0.6) is 5.75 Å². The molecule has 0 aliphatic rings. The van der Waals surface area contributed by atoms with Crippen LogP contribution < -0.4 is 10.1 Å². The van der Waals surface area contributed by atoms with Crippen LogP contribution in [0.2, 0.25) is 0 Å². The van der Waals surface area contributed by atoms with E-state index >= 15 is 0 Å². The Morgan fingerprint density at radius 1 is 1.12 bits per heavy atom. The summed E-state index contributed by atoms with van der Waals surface area (Å²) in [6.07, 6.45) is 3.49. The molecule has 0 atom stereocenters. The third-order valence-corrected chi connectivity index (χ3v) is 3.78. The molecule has 0 fully saturated rings. The van der Waals surface area contributed by atoms with Crippen molar-refractivity contribution in [3.05, 3.63) is 65.9 Å². The van der Waals surface area contributed by atoms with Crippen LogP contribution in [0.1, 0.15) is 15.9 Å². The minimum atomic E-state index is -0.172. The molecular weight excluding hydrogens is 304 g/mol. The molecule has 3 rings (SSSR count). The molecule has 5 heteroatoms. The lowest BCUT2D eigenvalue weighted by molar-refractivity contribution is -0.123. The molecule has 0 aliphatic carbocycles. The maximum Gasteiger partial charge on any atom is 0.257 e. The number of hydrogen-bond acceptors (Lipinski definition) is 3. The number of ether oxygens (including phenoxy) is 1. The average molecular weight is 322 g/mol. The summed E-state index contributed by atoms with van der Waals surface area (Å²) >= 11 is 0. The van der Waals surface area contributed by atoms with E-state index in [1.54, 1.807) is 24.3 Å². The number of fused-ring (bicyclic) bond motifs is 1. The van der Waals surface area contributed by atoms with E-state index in [2.05, 4.69) is 16.4 Å². The average Bonchev–Trinajstić information content (AvgIpc) is 3.04. The fraction of sp³-hybridized carbons (Fsp3) is 0.158. The van der Waals surface area contributed by atoms with Gasteiger partial charge in [-0.1, -0.05) is 18.2 Å². The second-order valence-corrected chi connectivity index (χ2v) is 5.44. The van der Waals surface area contributed by atoms with Gasteiger partial charge in [0.15, 0.2) is 6.61 Å². The summed E-state index contributed by atoms with van der Waals surface area (Å²) < 4.78 is 5.39. The zero-order valence-corrected chi connectivity index (χ0v) is 13.1. The Balaban J connectivity index is 1.44. The van der Waals surface area contributed by atoms with Crippen molar-refractivity contribution in [1.82, 2.24) is 10.3 Å². The topological polar surface area (TPSA) is 71.2 Å². The minimum Gasteiger partial charge on any atom is -0.484 e. The summed E-state index contributed by atoms with van der Waals surface area (Å²) in [6.45, 7) is 0.502. The summed E-state index contributed by atoms with van der Waals surface area (Å²) in [6, 6.07) is 14.7. The lowest BCUT2D eigenvalue weighted by Crippen LogP contribution is -2.30. The van der Waals surface area contributed by atoms with Gasteiger partial charge in [-0.05, 0) is 42.3 Å². The van der Waals surface area contributed by atoms with E-state index in [0.717, 1.165) is 18.2 Å². The molecule has 0 radical (unpaired) electrons. The van der Waals surface area contributed by atoms with E-state index in [0.29, 0.717) is 17.9 Å². The lowest BCUT2D eigenvalue weighted by atomic mass is 10.1. The van der Waals surface area contributed by atoms with Crippen molar-refractivity contribution in [3.63, 3.8) is 0 Å². The SMILES string of the molecule is O=Cc1ccc(OCC(=O)NCCc2c[nH]c3ccccc23)cc1. The van der Waals surface area contributed by atoms with Crippen molar-refractivity contribution in [3.8, 4) is 5.75 Å². The van der Waals surface area contributed by atoms with Crippen molar-refractivity contribution in [2.75, 3.05) is 13.2 Å². The molecule has 0 aliphatic heterocycles. The van der Waals surface area contributed by atoms with Gasteiger partial charge >= 0.3 is 0 Å². The zero-order chi connectivity index (χ0) is 16.8. The third kappa shape index (κ3) is 3.81. The van der Waals surface area contributed by atoms with Crippen LogP contribution in [0.4, 0.5) is 0 Å². The number of nitrogens with one attached hydrogen (secondary N) is 2. The van der Waals surface area contributed by atoms with Crippen molar-refractivity contribution >= 4 is 23.1 Å². The van der Waals surface area contributed by atoms with E-state index in [-0.39, 0.29) is 12.5 Å². The highest BCUT2D eigenvalue weighted by Crippen LogP contribution is 2.17. The highest BCUT2D eigenvalue weighted by Gasteiger charge is 2.05. The first-order chi connectivity index (χ1) is 11.8. The van der Waals surface area contributed by atoms with Gasteiger partial charge in [-0.2, -0.15) is 0 Å². The van der Waals surface area contributed by atoms with E-state index in [1.165, 1.54) is 10.9 Å². The Hall–Kier alpha value is -3.08. The predicted molar refractivity (Wildman–Crippen MR) is 92.3 cm³/mol. The molecule has 2 N–H and O–H groups in total. The Labute approximate surface area is 139 Å². The number of amides is 1. The number of aromatic nitrogens is 1. The maximum absolute atomic E-state index is 11.8. The van der Waals surface area contributed by atoms with Gasteiger partial charge in [0, 0.05) is 29.2 Å². The standard InChI is InChI=1S/C19H18N2O3/c22-12-14-5-7-16(8-6-14)24-13-19(23)20-10-9-15-11-21-18-4-2-1-3-17(15)18/h1-8,11-12,21H,9-10,13H2,(H,20,23). The fourth-order valence-electron chi connectivity index (χ4n) is 2.52. The van der Waals surface area contributed by atoms with E-state index in [4.69, 9.17) is 4.74 Å². The van der Waals surface area contributed by atoms with Gasteiger partial charge in [0.1, 0.15) is 12.0 Å². The smallest absolute Gasteiger partial charge is 0.257 e. The molecule has 0 saturated heterocycles. The fourth-order valence-corrected chi connectivity index (χ4v) is 2.52. The first-order valence-corrected chi connectivity index (χ1v) is 7.76. The molecule has 122 valence electrons. The number of aromatic amines is 1. The summed E-state index contributed by atoms with van der Waals surface area (Å²) in [5.41, 5.74) is 2.85. The summed E-state index contributed by atoms with van der Waals surface area (Å²) in [5, 5.41) is 4.02. The van der Waals surface area contributed by atoms with Gasteiger partial charge in [-0.3, -0.25) is 9.59 Å². The number of rotatable bonds is 7. The van der Waals surface area contributed by atoms with Crippen LogP contribution in [0, 0.1) is 0 Å². The highest BCUT2D eigenvalue weighted by atomic mass is 16.5. The molecule has 0 unspecified atom stereocenters. The molecule has 5 nitrogen and oxygen atoms in total. The van der Waals surface area contributed by atoms with Gasteiger partial charge < -0.3 is 15.0 Å². The lowest BCUT2D eigenvalue weighted by Gasteiger charge is -2.07. The first kappa shape index (κ1) is 15.8. The Morgan fingerprint density at radius 2 is 1.92 bits per heavy atom. The van der Waals surface area contributed by atoms with Gasteiger partial charge in [-0.25, -0.2) is 0 Å². The van der Waals surface area contributed by atoms with E-state index in [9.17, 15) is 9.59 Å².